The third-order valence-corrected chi connectivity index (χ3v) is 2.01. The lowest BCUT2D eigenvalue weighted by atomic mass is 10.0. The molecule has 1 N–H and O–H groups in total. The molecule has 0 aliphatic rings. The first-order valence-corrected chi connectivity index (χ1v) is 3.90. The topological polar surface area (TPSA) is 20.2 Å². The van der Waals surface area contributed by atoms with Crippen molar-refractivity contribution in [2.75, 3.05) is 6.61 Å². The highest BCUT2D eigenvalue weighted by molar-refractivity contribution is 6.23. The molecule has 0 saturated carbocycles. The van der Waals surface area contributed by atoms with Crippen molar-refractivity contribution in [1.82, 2.24) is 0 Å². The maximum absolute atomic E-state index is 8.92. The van der Waals surface area contributed by atoms with Crippen molar-refractivity contribution < 1.29 is 5.11 Å². The zero-order valence-corrected chi connectivity index (χ0v) is 7.17. The Hall–Kier alpha value is -0.530. The molecule has 0 amide bonds. The Morgan fingerprint density at radius 2 is 1.91 bits per heavy atom. The van der Waals surface area contributed by atoms with Gasteiger partial charge in [0, 0.05) is 0 Å². The molecule has 0 radical (unpaired) electrons. The second kappa shape index (κ2) is 3.24. The minimum Gasteiger partial charge on any atom is -0.394 e. The first-order chi connectivity index (χ1) is 5.17. The molecule has 0 aromatic heterocycles. The number of aliphatic hydroxyl groups excluding tert-OH is 1. The summed E-state index contributed by atoms with van der Waals surface area (Å²) in [5.74, 6) is 0. The molecule has 0 saturated heterocycles. The highest BCUT2D eigenvalue weighted by Crippen LogP contribution is 2.26. The van der Waals surface area contributed by atoms with Crippen LogP contribution in [0.3, 0.4) is 0 Å². The van der Waals surface area contributed by atoms with Gasteiger partial charge in [-0.3, -0.25) is 0 Å². The predicted molar refractivity (Wildman–Crippen MR) is 46.7 cm³/mol. The molecule has 11 heavy (non-hydrogen) atoms. The van der Waals surface area contributed by atoms with Crippen molar-refractivity contribution in [3.05, 3.63) is 35.9 Å². The van der Waals surface area contributed by atoms with Crippen LogP contribution in [0.5, 0.6) is 0 Å². The minimum absolute atomic E-state index is 0.0431. The van der Waals surface area contributed by atoms with Gasteiger partial charge < -0.3 is 5.11 Å². The molecule has 1 aromatic rings. The van der Waals surface area contributed by atoms with Gasteiger partial charge in [0.2, 0.25) is 0 Å². The molecule has 0 fully saturated rings. The van der Waals surface area contributed by atoms with Crippen molar-refractivity contribution in [1.29, 1.82) is 0 Å². The van der Waals surface area contributed by atoms with Crippen LogP contribution in [0.15, 0.2) is 30.3 Å². The average molecular weight is 171 g/mol. The number of alkyl halides is 1. The molecule has 0 aliphatic heterocycles. The molecule has 0 aliphatic carbocycles. The van der Waals surface area contributed by atoms with Crippen LogP contribution in [0.25, 0.3) is 0 Å². The van der Waals surface area contributed by atoms with Crippen LogP contribution in [0.2, 0.25) is 0 Å². The van der Waals surface area contributed by atoms with E-state index in [9.17, 15) is 0 Å². The van der Waals surface area contributed by atoms with E-state index in [2.05, 4.69) is 0 Å². The lowest BCUT2D eigenvalue weighted by molar-refractivity contribution is 0.254. The van der Waals surface area contributed by atoms with E-state index in [1.54, 1.807) is 6.92 Å². The van der Waals surface area contributed by atoms with Gasteiger partial charge in [-0.05, 0) is 12.5 Å². The van der Waals surface area contributed by atoms with Crippen LogP contribution >= 0.6 is 11.6 Å². The molecule has 60 valence electrons. The predicted octanol–water partition coefficient (Wildman–Crippen LogP) is 2.13. The van der Waals surface area contributed by atoms with Gasteiger partial charge in [0.15, 0.2) is 0 Å². The van der Waals surface area contributed by atoms with E-state index in [1.807, 2.05) is 30.3 Å². The van der Waals surface area contributed by atoms with Crippen LogP contribution < -0.4 is 0 Å². The van der Waals surface area contributed by atoms with Crippen LogP contribution in [-0.4, -0.2) is 11.7 Å². The van der Waals surface area contributed by atoms with Gasteiger partial charge in [-0.1, -0.05) is 30.3 Å². The van der Waals surface area contributed by atoms with E-state index in [0.29, 0.717) is 0 Å². The number of aliphatic hydroxyl groups is 1. The summed E-state index contributed by atoms with van der Waals surface area (Å²) in [4.78, 5) is -0.638. The van der Waals surface area contributed by atoms with E-state index < -0.39 is 4.87 Å². The molecule has 0 bridgehead atoms. The molecule has 1 unspecified atom stereocenters. The van der Waals surface area contributed by atoms with Gasteiger partial charge in [0.1, 0.15) is 0 Å². The van der Waals surface area contributed by atoms with Crippen LogP contribution in [0.4, 0.5) is 0 Å². The van der Waals surface area contributed by atoms with Gasteiger partial charge in [0.25, 0.3) is 0 Å². The number of benzene rings is 1. The molecular weight excluding hydrogens is 160 g/mol. The van der Waals surface area contributed by atoms with Gasteiger partial charge in [0.05, 0.1) is 11.5 Å². The Balaban J connectivity index is 2.93. The largest absolute Gasteiger partial charge is 0.394 e. The zero-order chi connectivity index (χ0) is 8.32. The molecular formula is C9H11ClO. The van der Waals surface area contributed by atoms with Crippen LogP contribution in [-0.2, 0) is 4.87 Å². The molecule has 2 heteroatoms. The zero-order valence-electron chi connectivity index (χ0n) is 6.42. The lowest BCUT2D eigenvalue weighted by Gasteiger charge is -2.18. The van der Waals surface area contributed by atoms with E-state index >= 15 is 0 Å². The molecule has 1 rings (SSSR count). The Morgan fingerprint density at radius 1 is 1.36 bits per heavy atom. The Bertz CT molecular complexity index is 218. The maximum atomic E-state index is 8.92. The first-order valence-electron chi connectivity index (χ1n) is 3.52. The van der Waals surface area contributed by atoms with Crippen molar-refractivity contribution in [2.24, 2.45) is 0 Å². The minimum atomic E-state index is -0.638. The highest BCUT2D eigenvalue weighted by atomic mass is 35.5. The van der Waals surface area contributed by atoms with Crippen molar-refractivity contribution in [2.45, 2.75) is 11.8 Å². The summed E-state index contributed by atoms with van der Waals surface area (Å²) in [6.45, 7) is 1.75. The quantitative estimate of drug-likeness (QED) is 0.675. The average Bonchev–Trinajstić information content (AvgIpc) is 2.06. The second-order valence-electron chi connectivity index (χ2n) is 2.72. The Morgan fingerprint density at radius 3 is 2.36 bits per heavy atom. The van der Waals surface area contributed by atoms with Gasteiger partial charge in [-0.15, -0.1) is 11.6 Å². The van der Waals surface area contributed by atoms with E-state index in [4.69, 9.17) is 16.7 Å². The molecule has 0 heterocycles. The highest BCUT2D eigenvalue weighted by Gasteiger charge is 2.21. The van der Waals surface area contributed by atoms with Crippen LogP contribution in [0.1, 0.15) is 12.5 Å². The van der Waals surface area contributed by atoms with Crippen molar-refractivity contribution in [3.63, 3.8) is 0 Å². The fourth-order valence-corrected chi connectivity index (χ4v) is 1.00. The summed E-state index contributed by atoms with van der Waals surface area (Å²) >= 11 is 6.00. The van der Waals surface area contributed by atoms with Gasteiger partial charge in [-0.25, -0.2) is 0 Å². The first kappa shape index (κ1) is 8.57. The summed E-state index contributed by atoms with van der Waals surface area (Å²) in [7, 11) is 0. The number of hydrogen-bond acceptors (Lipinski definition) is 1. The molecule has 1 nitrogen and oxygen atoms in total. The molecule has 1 atom stereocenters. The summed E-state index contributed by atoms with van der Waals surface area (Å²) in [6.07, 6.45) is 0. The smallest absolute Gasteiger partial charge is 0.0896 e. The fraction of sp³-hybridized carbons (Fsp3) is 0.333. The lowest BCUT2D eigenvalue weighted by Crippen LogP contribution is -2.18. The molecule has 1 aromatic carbocycles. The fourth-order valence-electron chi connectivity index (χ4n) is 0.877. The third kappa shape index (κ3) is 1.95. The van der Waals surface area contributed by atoms with E-state index in [1.165, 1.54) is 0 Å². The SMILES string of the molecule is CC(Cl)(CO)c1ccccc1. The van der Waals surface area contributed by atoms with Crippen molar-refractivity contribution in [3.8, 4) is 0 Å². The Labute approximate surface area is 71.6 Å². The molecule has 0 spiro atoms. The van der Waals surface area contributed by atoms with Crippen LogP contribution in [0, 0.1) is 0 Å². The van der Waals surface area contributed by atoms with Gasteiger partial charge >= 0.3 is 0 Å². The van der Waals surface area contributed by atoms with E-state index in [0.717, 1.165) is 5.56 Å². The Kier molecular flexibility index (Phi) is 2.53. The van der Waals surface area contributed by atoms with Gasteiger partial charge in [-0.2, -0.15) is 0 Å². The second-order valence-corrected chi connectivity index (χ2v) is 3.56. The standard InChI is InChI=1S/C9H11ClO/c1-9(10,7-11)8-5-3-2-4-6-8/h2-6,11H,7H2,1H3. The third-order valence-electron chi connectivity index (χ3n) is 1.67. The normalized spacial score (nSPS) is 15.9. The summed E-state index contributed by atoms with van der Waals surface area (Å²) in [5.41, 5.74) is 0.948. The summed E-state index contributed by atoms with van der Waals surface area (Å²) in [6, 6.07) is 9.55. The number of halogens is 1. The summed E-state index contributed by atoms with van der Waals surface area (Å²) < 4.78 is 0. The van der Waals surface area contributed by atoms with E-state index in [-0.39, 0.29) is 6.61 Å². The number of rotatable bonds is 2. The number of hydrogen-bond donors (Lipinski definition) is 1. The summed E-state index contributed by atoms with van der Waals surface area (Å²) in [5, 5.41) is 8.92. The monoisotopic (exact) mass is 170 g/mol. The van der Waals surface area contributed by atoms with Crippen molar-refractivity contribution >= 4 is 11.6 Å². The maximum Gasteiger partial charge on any atom is 0.0896 e.